The molecular formula is C31H27F2N5O2. The van der Waals surface area contributed by atoms with Crippen molar-refractivity contribution >= 4 is 28.5 Å². The second-order valence-electron chi connectivity index (χ2n) is 9.59. The fourth-order valence-electron chi connectivity index (χ4n) is 4.68. The van der Waals surface area contributed by atoms with Crippen molar-refractivity contribution in [1.82, 2.24) is 19.9 Å². The van der Waals surface area contributed by atoms with E-state index in [1.165, 1.54) is 46.0 Å². The van der Waals surface area contributed by atoms with Gasteiger partial charge in [-0.05, 0) is 72.5 Å². The SMILES string of the molecule is Cc1cccc(C)c1NC(=O)C(c1ccc(F)cc1)N(Cc1ccc(F)cc1)C(=O)Cn1nnc2ccccc21. The van der Waals surface area contributed by atoms with Gasteiger partial charge in [-0.1, -0.05) is 59.8 Å². The Morgan fingerprint density at radius 3 is 2.15 bits per heavy atom. The third-order valence-electron chi connectivity index (χ3n) is 6.77. The molecule has 1 aromatic heterocycles. The maximum absolute atomic E-state index is 14.0. The van der Waals surface area contributed by atoms with Crippen LogP contribution in [0.15, 0.2) is 91.0 Å². The van der Waals surface area contributed by atoms with Crippen LogP contribution in [-0.2, 0) is 22.7 Å². The first-order valence-electron chi connectivity index (χ1n) is 12.7. The van der Waals surface area contributed by atoms with Crippen molar-refractivity contribution in [2.45, 2.75) is 33.0 Å². The summed E-state index contributed by atoms with van der Waals surface area (Å²) in [6.45, 7) is 3.56. The van der Waals surface area contributed by atoms with E-state index < -0.39 is 29.5 Å². The molecule has 202 valence electrons. The van der Waals surface area contributed by atoms with Gasteiger partial charge >= 0.3 is 0 Å². The molecule has 1 heterocycles. The molecule has 0 bridgehead atoms. The summed E-state index contributed by atoms with van der Waals surface area (Å²) in [6, 6.07) is 23.0. The number of carbonyl (C=O) groups excluding carboxylic acids is 2. The fraction of sp³-hybridized carbons (Fsp3) is 0.161. The van der Waals surface area contributed by atoms with Gasteiger partial charge in [-0.25, -0.2) is 13.5 Å². The van der Waals surface area contributed by atoms with E-state index in [4.69, 9.17) is 0 Å². The normalized spacial score (nSPS) is 11.8. The molecule has 1 unspecified atom stereocenters. The molecule has 2 amide bonds. The van der Waals surface area contributed by atoms with Gasteiger partial charge in [0.15, 0.2) is 0 Å². The molecule has 0 spiro atoms. The van der Waals surface area contributed by atoms with E-state index in [0.717, 1.165) is 11.1 Å². The fourth-order valence-corrected chi connectivity index (χ4v) is 4.68. The number of hydrogen-bond donors (Lipinski definition) is 1. The number of benzene rings is 4. The predicted molar refractivity (Wildman–Crippen MR) is 148 cm³/mol. The number of rotatable bonds is 8. The topological polar surface area (TPSA) is 80.1 Å². The smallest absolute Gasteiger partial charge is 0.251 e. The molecule has 0 saturated carbocycles. The minimum atomic E-state index is -1.13. The Kier molecular flexibility index (Phi) is 7.63. The highest BCUT2D eigenvalue weighted by molar-refractivity contribution is 5.99. The van der Waals surface area contributed by atoms with Crippen molar-refractivity contribution < 1.29 is 18.4 Å². The second-order valence-corrected chi connectivity index (χ2v) is 9.59. The average Bonchev–Trinajstić information content (AvgIpc) is 3.35. The lowest BCUT2D eigenvalue weighted by Crippen LogP contribution is -2.42. The second kappa shape index (κ2) is 11.4. The van der Waals surface area contributed by atoms with E-state index in [1.54, 1.807) is 24.3 Å². The van der Waals surface area contributed by atoms with Crippen LogP contribution in [0.5, 0.6) is 0 Å². The Bertz CT molecular complexity index is 1650. The number of hydrogen-bond acceptors (Lipinski definition) is 4. The van der Waals surface area contributed by atoms with Gasteiger partial charge in [-0.3, -0.25) is 9.59 Å². The van der Waals surface area contributed by atoms with Crippen LogP contribution < -0.4 is 5.32 Å². The molecule has 1 N–H and O–H groups in total. The summed E-state index contributed by atoms with van der Waals surface area (Å²) in [6.07, 6.45) is 0. The van der Waals surface area contributed by atoms with Crippen LogP contribution in [0.1, 0.15) is 28.3 Å². The van der Waals surface area contributed by atoms with Crippen molar-refractivity contribution in [3.8, 4) is 0 Å². The van der Waals surface area contributed by atoms with Crippen LogP contribution >= 0.6 is 0 Å². The highest BCUT2D eigenvalue weighted by Crippen LogP contribution is 2.28. The molecule has 0 aliphatic rings. The van der Waals surface area contributed by atoms with Crippen LogP contribution in [0.25, 0.3) is 11.0 Å². The monoisotopic (exact) mass is 539 g/mol. The number of anilines is 1. The molecule has 5 aromatic rings. The van der Waals surface area contributed by atoms with Gasteiger partial charge in [-0.2, -0.15) is 0 Å². The Hall–Kier alpha value is -4.92. The molecule has 0 aliphatic carbocycles. The number of amides is 2. The molecule has 5 rings (SSSR count). The maximum Gasteiger partial charge on any atom is 0.251 e. The number of carbonyl (C=O) groups is 2. The molecule has 0 saturated heterocycles. The number of para-hydroxylation sites is 2. The molecular weight excluding hydrogens is 512 g/mol. The zero-order valence-corrected chi connectivity index (χ0v) is 22.0. The third kappa shape index (κ3) is 5.73. The Morgan fingerprint density at radius 2 is 1.48 bits per heavy atom. The van der Waals surface area contributed by atoms with Gasteiger partial charge in [0.05, 0.1) is 5.52 Å². The van der Waals surface area contributed by atoms with Crippen molar-refractivity contribution in [2.75, 3.05) is 5.32 Å². The summed E-state index contributed by atoms with van der Waals surface area (Å²) < 4.78 is 29.1. The number of halogens is 2. The van der Waals surface area contributed by atoms with Crippen LogP contribution in [0, 0.1) is 25.5 Å². The summed E-state index contributed by atoms with van der Waals surface area (Å²) in [7, 11) is 0. The van der Waals surface area contributed by atoms with Gasteiger partial charge in [0.2, 0.25) is 5.91 Å². The van der Waals surface area contributed by atoms with E-state index in [2.05, 4.69) is 15.6 Å². The molecule has 7 nitrogen and oxygen atoms in total. The summed E-state index contributed by atoms with van der Waals surface area (Å²) in [5.74, 6) is -1.78. The van der Waals surface area contributed by atoms with E-state index >= 15 is 0 Å². The molecule has 0 aliphatic heterocycles. The lowest BCUT2D eigenvalue weighted by molar-refractivity contribution is -0.140. The van der Waals surface area contributed by atoms with Gasteiger partial charge < -0.3 is 10.2 Å². The first-order valence-corrected chi connectivity index (χ1v) is 12.7. The van der Waals surface area contributed by atoms with Crippen molar-refractivity contribution in [2.24, 2.45) is 0 Å². The summed E-state index contributed by atoms with van der Waals surface area (Å²) in [5, 5.41) is 11.3. The lowest BCUT2D eigenvalue weighted by atomic mass is 10.0. The highest BCUT2D eigenvalue weighted by Gasteiger charge is 2.33. The number of nitrogens with zero attached hydrogens (tertiary/aromatic N) is 4. The molecule has 9 heteroatoms. The number of fused-ring (bicyclic) bond motifs is 1. The minimum absolute atomic E-state index is 0.00599. The van der Waals surface area contributed by atoms with Crippen molar-refractivity contribution in [3.63, 3.8) is 0 Å². The lowest BCUT2D eigenvalue weighted by Gasteiger charge is -2.32. The molecule has 1 atom stereocenters. The number of aromatic nitrogens is 3. The molecule has 40 heavy (non-hydrogen) atoms. The Balaban J connectivity index is 1.57. The first kappa shape index (κ1) is 26.7. The van der Waals surface area contributed by atoms with E-state index in [0.29, 0.717) is 27.8 Å². The largest absolute Gasteiger partial charge is 0.323 e. The average molecular weight is 540 g/mol. The number of aryl methyl sites for hydroxylation is 2. The molecule has 0 radical (unpaired) electrons. The number of nitrogens with one attached hydrogen (secondary N) is 1. The zero-order valence-electron chi connectivity index (χ0n) is 22.0. The maximum atomic E-state index is 14.0. The van der Waals surface area contributed by atoms with Gasteiger partial charge in [0, 0.05) is 12.2 Å². The standard InChI is InChI=1S/C31H27F2N5O2/c1-20-6-5-7-21(2)29(20)34-31(40)30(23-12-16-25(33)17-13-23)37(18-22-10-14-24(32)15-11-22)28(39)19-38-27-9-4-3-8-26(27)35-36-38/h3-17,30H,18-19H2,1-2H3,(H,34,40). The summed E-state index contributed by atoms with van der Waals surface area (Å²) in [4.78, 5) is 29.4. The van der Waals surface area contributed by atoms with Crippen LogP contribution in [0.3, 0.4) is 0 Å². The first-order chi connectivity index (χ1) is 19.3. The molecule has 4 aromatic carbocycles. The Labute approximate surface area is 230 Å². The van der Waals surface area contributed by atoms with Crippen molar-refractivity contribution in [3.05, 3.63) is 125 Å². The van der Waals surface area contributed by atoms with Crippen molar-refractivity contribution in [1.29, 1.82) is 0 Å². The van der Waals surface area contributed by atoms with Crippen LogP contribution in [-0.4, -0.2) is 31.7 Å². The molecule has 0 fully saturated rings. The minimum Gasteiger partial charge on any atom is -0.323 e. The zero-order chi connectivity index (χ0) is 28.2. The van der Waals surface area contributed by atoms with Crippen LogP contribution in [0.2, 0.25) is 0 Å². The Morgan fingerprint density at radius 1 is 0.850 bits per heavy atom. The quantitative estimate of drug-likeness (QED) is 0.273. The highest BCUT2D eigenvalue weighted by atomic mass is 19.1. The van der Waals surface area contributed by atoms with Gasteiger partial charge in [-0.15, -0.1) is 5.10 Å². The summed E-state index contributed by atoms with van der Waals surface area (Å²) in [5.41, 5.74) is 4.68. The predicted octanol–water partition coefficient (Wildman–Crippen LogP) is 5.74. The van der Waals surface area contributed by atoms with Crippen LogP contribution in [0.4, 0.5) is 14.5 Å². The van der Waals surface area contributed by atoms with E-state index in [-0.39, 0.29) is 13.1 Å². The van der Waals surface area contributed by atoms with Gasteiger partial charge in [0.1, 0.15) is 29.7 Å². The third-order valence-corrected chi connectivity index (χ3v) is 6.77. The van der Waals surface area contributed by atoms with E-state index in [1.807, 2.05) is 44.2 Å². The van der Waals surface area contributed by atoms with E-state index in [9.17, 15) is 18.4 Å². The van der Waals surface area contributed by atoms with Gasteiger partial charge in [0.25, 0.3) is 5.91 Å². The summed E-state index contributed by atoms with van der Waals surface area (Å²) >= 11 is 0.